The Bertz CT molecular complexity index is 1330. The SMILES string of the molecule is COc1ccc(C(=O)O[C@H](CCO[Si](C)(C)C(C)(C)C)C[C@H](O)C[C@@H](O)CC2=CC[C@H](O)C[C@@H](OC(=O)c3ccc(OC)cc3)C2)cc1. The maximum Gasteiger partial charge on any atom is 0.338 e. The van der Waals surface area contributed by atoms with Crippen LogP contribution >= 0.6 is 0 Å². The number of esters is 2. The molecular formula is C37H54O10Si. The molecule has 10 nitrogen and oxygen atoms in total. The second kappa shape index (κ2) is 18.0. The fourth-order valence-electron chi connectivity index (χ4n) is 5.30. The van der Waals surface area contributed by atoms with Crippen LogP contribution in [0.25, 0.3) is 0 Å². The first-order valence-electron chi connectivity index (χ1n) is 16.7. The quantitative estimate of drug-likeness (QED) is 0.106. The van der Waals surface area contributed by atoms with Crippen LogP contribution in [0.15, 0.2) is 60.2 Å². The number of benzene rings is 2. The largest absolute Gasteiger partial charge is 0.497 e. The molecule has 0 saturated heterocycles. The molecule has 3 N–H and O–H groups in total. The number of aliphatic hydroxyl groups is 3. The number of carbonyl (C=O) groups is 2. The predicted octanol–water partition coefficient (Wildman–Crippen LogP) is 6.23. The lowest BCUT2D eigenvalue weighted by atomic mass is 9.96. The van der Waals surface area contributed by atoms with Gasteiger partial charge in [0.2, 0.25) is 0 Å². The molecule has 0 aliphatic heterocycles. The van der Waals surface area contributed by atoms with Crippen molar-refractivity contribution in [2.45, 2.75) is 114 Å². The standard InChI is InChI=1S/C37H54O10Si/c1-37(2,3)48(6,7)45-19-18-33(46-35(41)26-9-14-31(43-4)15-10-26)24-30(40)22-29(39)20-25-8-13-28(38)23-34(21-25)47-36(42)27-11-16-32(44-5)17-12-27/h8-12,14-17,28-30,33-34,38-40H,13,18-24H2,1-7H3/t28-,29-,30+,33+,34-/m0/s1. The summed E-state index contributed by atoms with van der Waals surface area (Å²) in [5.41, 5.74) is 1.58. The maximum atomic E-state index is 13.0. The minimum Gasteiger partial charge on any atom is -0.497 e. The Morgan fingerprint density at radius 3 is 1.98 bits per heavy atom. The van der Waals surface area contributed by atoms with Crippen LogP contribution in [0, 0.1) is 0 Å². The van der Waals surface area contributed by atoms with Gasteiger partial charge in [-0.1, -0.05) is 32.4 Å². The molecule has 0 aromatic heterocycles. The second-order valence-corrected chi connectivity index (χ2v) is 18.9. The zero-order valence-electron chi connectivity index (χ0n) is 29.4. The molecule has 0 saturated carbocycles. The van der Waals surface area contributed by atoms with Gasteiger partial charge in [0, 0.05) is 32.3 Å². The average Bonchev–Trinajstić information content (AvgIpc) is 3.19. The van der Waals surface area contributed by atoms with Crippen molar-refractivity contribution in [1.82, 2.24) is 0 Å². The van der Waals surface area contributed by atoms with Crippen LogP contribution in [0.5, 0.6) is 11.5 Å². The summed E-state index contributed by atoms with van der Waals surface area (Å²) < 4.78 is 28.3. The smallest absolute Gasteiger partial charge is 0.338 e. The molecule has 0 radical (unpaired) electrons. The molecule has 0 unspecified atom stereocenters. The molecule has 48 heavy (non-hydrogen) atoms. The summed E-state index contributed by atoms with van der Waals surface area (Å²) in [7, 11) is 1.05. The van der Waals surface area contributed by atoms with Crippen molar-refractivity contribution in [2.24, 2.45) is 0 Å². The first-order chi connectivity index (χ1) is 22.6. The molecule has 0 heterocycles. The Morgan fingerprint density at radius 2 is 1.44 bits per heavy atom. The fourth-order valence-corrected chi connectivity index (χ4v) is 6.36. The van der Waals surface area contributed by atoms with Gasteiger partial charge in [-0.3, -0.25) is 0 Å². The zero-order valence-corrected chi connectivity index (χ0v) is 30.4. The lowest BCUT2D eigenvalue weighted by Crippen LogP contribution is -2.41. The third kappa shape index (κ3) is 12.3. The van der Waals surface area contributed by atoms with Gasteiger partial charge in [0.05, 0.1) is 43.7 Å². The van der Waals surface area contributed by atoms with Gasteiger partial charge >= 0.3 is 11.9 Å². The summed E-state index contributed by atoms with van der Waals surface area (Å²) in [6.45, 7) is 11.2. The van der Waals surface area contributed by atoms with Crippen molar-refractivity contribution in [3.8, 4) is 11.5 Å². The van der Waals surface area contributed by atoms with Gasteiger partial charge in [-0.25, -0.2) is 9.59 Å². The summed E-state index contributed by atoms with van der Waals surface area (Å²) in [6.07, 6.45) is -0.0530. The Hall–Kier alpha value is -3.22. The van der Waals surface area contributed by atoms with Crippen molar-refractivity contribution in [3.05, 3.63) is 71.3 Å². The van der Waals surface area contributed by atoms with Crippen molar-refractivity contribution in [2.75, 3.05) is 20.8 Å². The van der Waals surface area contributed by atoms with Crippen molar-refractivity contribution >= 4 is 20.3 Å². The van der Waals surface area contributed by atoms with Gasteiger partial charge in [0.1, 0.15) is 23.7 Å². The van der Waals surface area contributed by atoms with E-state index in [2.05, 4.69) is 33.9 Å². The van der Waals surface area contributed by atoms with E-state index in [1.165, 1.54) is 0 Å². The van der Waals surface area contributed by atoms with Crippen LogP contribution < -0.4 is 9.47 Å². The molecule has 0 bridgehead atoms. The van der Waals surface area contributed by atoms with Gasteiger partial charge < -0.3 is 38.7 Å². The van der Waals surface area contributed by atoms with Crippen LogP contribution in [0.4, 0.5) is 0 Å². The summed E-state index contributed by atoms with van der Waals surface area (Å²) in [5.74, 6) is 0.231. The van der Waals surface area contributed by atoms with Crippen molar-refractivity contribution < 1.29 is 48.3 Å². The lowest BCUT2D eigenvalue weighted by Gasteiger charge is -2.36. The molecule has 2 aromatic rings. The highest BCUT2D eigenvalue weighted by atomic mass is 28.4. The van der Waals surface area contributed by atoms with E-state index in [9.17, 15) is 24.9 Å². The summed E-state index contributed by atoms with van der Waals surface area (Å²) in [6, 6.07) is 13.2. The van der Waals surface area contributed by atoms with Crippen LogP contribution in [0.1, 0.15) is 86.4 Å². The van der Waals surface area contributed by atoms with Gasteiger partial charge in [0.15, 0.2) is 8.32 Å². The topological polar surface area (TPSA) is 141 Å². The molecule has 266 valence electrons. The number of hydrogen-bond donors (Lipinski definition) is 3. The fraction of sp³-hybridized carbons (Fsp3) is 0.568. The molecule has 0 fully saturated rings. The van der Waals surface area contributed by atoms with E-state index in [4.69, 9.17) is 23.4 Å². The van der Waals surface area contributed by atoms with E-state index in [-0.39, 0.29) is 30.7 Å². The molecule has 3 rings (SSSR count). The monoisotopic (exact) mass is 686 g/mol. The Labute approximate surface area is 286 Å². The highest BCUT2D eigenvalue weighted by Gasteiger charge is 2.37. The van der Waals surface area contributed by atoms with E-state index in [0.29, 0.717) is 48.5 Å². The number of hydrogen-bond acceptors (Lipinski definition) is 10. The van der Waals surface area contributed by atoms with Gasteiger partial charge in [-0.05, 0) is 85.9 Å². The van der Waals surface area contributed by atoms with Gasteiger partial charge in [-0.2, -0.15) is 0 Å². The zero-order chi connectivity index (χ0) is 35.5. The lowest BCUT2D eigenvalue weighted by molar-refractivity contribution is -0.000452. The molecule has 2 aromatic carbocycles. The molecule has 1 aliphatic rings. The second-order valence-electron chi connectivity index (χ2n) is 14.1. The molecule has 1 aliphatic carbocycles. The summed E-state index contributed by atoms with van der Waals surface area (Å²) >= 11 is 0. The maximum absolute atomic E-state index is 13.0. The van der Waals surface area contributed by atoms with E-state index in [1.807, 2.05) is 6.08 Å². The minimum atomic E-state index is -2.04. The van der Waals surface area contributed by atoms with E-state index < -0.39 is 50.8 Å². The van der Waals surface area contributed by atoms with Crippen LogP contribution in [0.2, 0.25) is 18.1 Å². The number of rotatable bonds is 16. The normalized spacial score (nSPS) is 18.9. The molecule has 0 amide bonds. The Morgan fingerprint density at radius 1 is 0.875 bits per heavy atom. The third-order valence-corrected chi connectivity index (χ3v) is 13.7. The van der Waals surface area contributed by atoms with Gasteiger partial charge in [0.25, 0.3) is 0 Å². The van der Waals surface area contributed by atoms with Crippen molar-refractivity contribution in [1.29, 1.82) is 0 Å². The van der Waals surface area contributed by atoms with Crippen molar-refractivity contribution in [3.63, 3.8) is 0 Å². The number of methoxy groups -OCH3 is 2. The number of carbonyl (C=O) groups excluding carboxylic acids is 2. The summed E-state index contributed by atoms with van der Waals surface area (Å²) in [5, 5.41) is 32.5. The number of aliphatic hydroxyl groups excluding tert-OH is 3. The van der Waals surface area contributed by atoms with Crippen LogP contribution in [0.3, 0.4) is 0 Å². The molecular weight excluding hydrogens is 632 g/mol. The summed E-state index contributed by atoms with van der Waals surface area (Å²) in [4.78, 5) is 25.8. The Balaban J connectivity index is 1.60. The predicted molar refractivity (Wildman–Crippen MR) is 186 cm³/mol. The highest BCUT2D eigenvalue weighted by Crippen LogP contribution is 2.37. The minimum absolute atomic E-state index is 0.0155. The van der Waals surface area contributed by atoms with E-state index >= 15 is 0 Å². The number of ether oxygens (including phenoxy) is 4. The average molecular weight is 687 g/mol. The first-order valence-corrected chi connectivity index (χ1v) is 19.6. The highest BCUT2D eigenvalue weighted by molar-refractivity contribution is 6.74. The molecule has 5 atom stereocenters. The Kier molecular flexibility index (Phi) is 14.7. The van der Waals surface area contributed by atoms with Gasteiger partial charge in [-0.15, -0.1) is 0 Å². The molecule has 0 spiro atoms. The van der Waals surface area contributed by atoms with E-state index in [1.54, 1.807) is 62.8 Å². The molecule has 11 heteroatoms. The first kappa shape index (κ1) is 39.2. The van der Waals surface area contributed by atoms with Crippen LogP contribution in [-0.4, -0.2) is 86.9 Å². The third-order valence-electron chi connectivity index (χ3n) is 9.19. The van der Waals surface area contributed by atoms with E-state index in [0.717, 1.165) is 5.57 Å². The van der Waals surface area contributed by atoms with Crippen LogP contribution in [-0.2, 0) is 13.9 Å².